The van der Waals surface area contributed by atoms with Crippen molar-refractivity contribution in [3.05, 3.63) is 6.92 Å². The minimum Gasteiger partial charge on any atom is -0.350 e. The third-order valence-electron chi connectivity index (χ3n) is 0.663. The smallest absolute Gasteiger partial charge is 0.234 e. The second kappa shape index (κ2) is 2.82. The van der Waals surface area contributed by atoms with Crippen molar-refractivity contribution in [1.82, 2.24) is 5.32 Å². The molecule has 0 unspecified atom stereocenters. The molecular formula is C6H13N2O. The lowest BCUT2D eigenvalue weighted by atomic mass is 10.1. The molecule has 1 radical (unpaired) electrons. The Morgan fingerprint density at radius 1 is 1.78 bits per heavy atom. The molecule has 0 aliphatic heterocycles. The van der Waals surface area contributed by atoms with Gasteiger partial charge in [-0.1, -0.05) is 0 Å². The Hall–Kier alpha value is -0.570. The SMILES string of the molecule is [CH2]C(C)(C)NC(=O)CN. The van der Waals surface area contributed by atoms with E-state index in [1.807, 2.05) is 0 Å². The molecule has 9 heavy (non-hydrogen) atoms. The lowest BCUT2D eigenvalue weighted by Gasteiger charge is -2.19. The van der Waals surface area contributed by atoms with Crippen LogP contribution in [0.4, 0.5) is 0 Å². The number of rotatable bonds is 2. The van der Waals surface area contributed by atoms with Crippen molar-refractivity contribution in [3.63, 3.8) is 0 Å². The standard InChI is InChI=1S/C6H13N2O/c1-6(2,3)8-5(9)4-7/h1,4,7H2,2-3H3,(H,8,9). The lowest BCUT2D eigenvalue weighted by Crippen LogP contribution is -2.43. The molecule has 0 fully saturated rings. The van der Waals surface area contributed by atoms with Gasteiger partial charge < -0.3 is 11.1 Å². The van der Waals surface area contributed by atoms with E-state index in [1.165, 1.54) is 0 Å². The van der Waals surface area contributed by atoms with Crippen LogP contribution in [0.3, 0.4) is 0 Å². The van der Waals surface area contributed by atoms with Gasteiger partial charge in [0.2, 0.25) is 5.91 Å². The van der Waals surface area contributed by atoms with Crippen molar-refractivity contribution in [3.8, 4) is 0 Å². The number of carbonyl (C=O) groups excluding carboxylic acids is 1. The maximum Gasteiger partial charge on any atom is 0.234 e. The average Bonchev–Trinajstić information content (AvgIpc) is 1.62. The van der Waals surface area contributed by atoms with Crippen LogP contribution >= 0.6 is 0 Å². The first-order valence-electron chi connectivity index (χ1n) is 2.82. The number of hydrogen-bond acceptors (Lipinski definition) is 2. The second-order valence-electron chi connectivity index (χ2n) is 2.64. The zero-order valence-corrected chi connectivity index (χ0v) is 5.90. The molecule has 53 valence electrons. The molecule has 1 amide bonds. The lowest BCUT2D eigenvalue weighted by molar-refractivity contribution is -0.120. The van der Waals surface area contributed by atoms with Gasteiger partial charge in [0.25, 0.3) is 0 Å². The third kappa shape index (κ3) is 5.30. The Labute approximate surface area is 55.6 Å². The monoisotopic (exact) mass is 129 g/mol. The first-order chi connectivity index (χ1) is 3.95. The first-order valence-corrected chi connectivity index (χ1v) is 2.82. The van der Waals surface area contributed by atoms with Crippen LogP contribution in [0.5, 0.6) is 0 Å². The largest absolute Gasteiger partial charge is 0.350 e. The van der Waals surface area contributed by atoms with Gasteiger partial charge in [-0.05, 0) is 20.8 Å². The molecular weight excluding hydrogens is 116 g/mol. The number of carbonyl (C=O) groups is 1. The van der Waals surface area contributed by atoms with Crippen LogP contribution in [-0.2, 0) is 4.79 Å². The molecule has 0 rings (SSSR count). The third-order valence-corrected chi connectivity index (χ3v) is 0.663. The topological polar surface area (TPSA) is 55.1 Å². The minimum atomic E-state index is -0.406. The molecule has 0 atom stereocenters. The van der Waals surface area contributed by atoms with E-state index >= 15 is 0 Å². The van der Waals surface area contributed by atoms with Crippen molar-refractivity contribution in [2.75, 3.05) is 6.54 Å². The summed E-state index contributed by atoms with van der Waals surface area (Å²) in [6, 6.07) is 0. The minimum absolute atomic E-state index is 0.0267. The van der Waals surface area contributed by atoms with Crippen molar-refractivity contribution in [1.29, 1.82) is 0 Å². The predicted octanol–water partition coefficient (Wildman–Crippen LogP) is -0.326. The zero-order chi connectivity index (χ0) is 7.49. The quantitative estimate of drug-likeness (QED) is 0.536. The van der Waals surface area contributed by atoms with E-state index in [9.17, 15) is 4.79 Å². The fourth-order valence-corrected chi connectivity index (χ4v) is 0.428. The highest BCUT2D eigenvalue weighted by molar-refractivity contribution is 5.78. The van der Waals surface area contributed by atoms with Gasteiger partial charge in [0.15, 0.2) is 0 Å². The molecule has 0 aliphatic rings. The Morgan fingerprint density at radius 2 is 2.22 bits per heavy atom. The molecule has 0 aromatic rings. The molecule has 0 aromatic heterocycles. The summed E-state index contributed by atoms with van der Waals surface area (Å²) in [5, 5.41) is 2.59. The van der Waals surface area contributed by atoms with E-state index in [0.717, 1.165) is 0 Å². The van der Waals surface area contributed by atoms with Crippen LogP contribution in [0, 0.1) is 6.92 Å². The number of amides is 1. The van der Waals surface area contributed by atoms with Crippen LogP contribution < -0.4 is 11.1 Å². The van der Waals surface area contributed by atoms with E-state index in [1.54, 1.807) is 13.8 Å². The molecule has 0 saturated carbocycles. The van der Waals surface area contributed by atoms with Crippen molar-refractivity contribution in [2.24, 2.45) is 5.73 Å². The fraction of sp³-hybridized carbons (Fsp3) is 0.667. The first kappa shape index (κ1) is 8.43. The van der Waals surface area contributed by atoms with E-state index < -0.39 is 5.54 Å². The van der Waals surface area contributed by atoms with E-state index in [4.69, 9.17) is 5.73 Å². The maximum atomic E-state index is 10.6. The van der Waals surface area contributed by atoms with Crippen LogP contribution in [0.15, 0.2) is 0 Å². The van der Waals surface area contributed by atoms with Crippen LogP contribution in [0.25, 0.3) is 0 Å². The zero-order valence-electron chi connectivity index (χ0n) is 5.90. The Kier molecular flexibility index (Phi) is 2.65. The van der Waals surface area contributed by atoms with E-state index in [2.05, 4.69) is 12.2 Å². The van der Waals surface area contributed by atoms with Crippen LogP contribution in [-0.4, -0.2) is 18.0 Å². The van der Waals surface area contributed by atoms with Gasteiger partial charge in [0.05, 0.1) is 6.54 Å². The van der Waals surface area contributed by atoms with Crippen LogP contribution in [0.1, 0.15) is 13.8 Å². The van der Waals surface area contributed by atoms with E-state index in [-0.39, 0.29) is 12.5 Å². The Bertz CT molecular complexity index is 104. The Balaban J connectivity index is 3.60. The summed E-state index contributed by atoms with van der Waals surface area (Å²) in [6.45, 7) is 7.31. The van der Waals surface area contributed by atoms with Crippen molar-refractivity contribution >= 4 is 5.91 Å². The van der Waals surface area contributed by atoms with Gasteiger partial charge >= 0.3 is 0 Å². The van der Waals surface area contributed by atoms with Gasteiger partial charge in [0.1, 0.15) is 0 Å². The molecule has 0 saturated heterocycles. The van der Waals surface area contributed by atoms with Gasteiger partial charge in [-0.25, -0.2) is 0 Å². The maximum absolute atomic E-state index is 10.6. The summed E-state index contributed by atoms with van der Waals surface area (Å²) in [7, 11) is 0. The summed E-state index contributed by atoms with van der Waals surface area (Å²) in [4.78, 5) is 10.6. The fourth-order valence-electron chi connectivity index (χ4n) is 0.428. The highest BCUT2D eigenvalue weighted by atomic mass is 16.1. The van der Waals surface area contributed by atoms with Crippen molar-refractivity contribution < 1.29 is 4.79 Å². The molecule has 0 aromatic carbocycles. The summed E-state index contributed by atoms with van der Waals surface area (Å²) in [5.41, 5.74) is 4.63. The van der Waals surface area contributed by atoms with Crippen LogP contribution in [0.2, 0.25) is 0 Å². The number of hydrogen-bond donors (Lipinski definition) is 2. The molecule has 0 aliphatic carbocycles. The highest BCUT2D eigenvalue weighted by Gasteiger charge is 2.11. The summed E-state index contributed by atoms with van der Waals surface area (Å²) in [5.74, 6) is -0.171. The van der Waals surface area contributed by atoms with Gasteiger partial charge in [-0.2, -0.15) is 0 Å². The van der Waals surface area contributed by atoms with Gasteiger partial charge in [0, 0.05) is 5.54 Å². The molecule has 3 nitrogen and oxygen atoms in total. The van der Waals surface area contributed by atoms with Gasteiger partial charge in [-0.3, -0.25) is 4.79 Å². The number of nitrogens with one attached hydrogen (secondary N) is 1. The molecule has 3 N–H and O–H groups in total. The summed E-state index contributed by atoms with van der Waals surface area (Å²) < 4.78 is 0. The highest BCUT2D eigenvalue weighted by Crippen LogP contribution is 1.95. The number of nitrogens with two attached hydrogens (primary N) is 1. The van der Waals surface area contributed by atoms with Crippen molar-refractivity contribution in [2.45, 2.75) is 19.4 Å². The molecule has 0 bridgehead atoms. The summed E-state index contributed by atoms with van der Waals surface area (Å²) >= 11 is 0. The Morgan fingerprint density at radius 3 is 2.33 bits per heavy atom. The van der Waals surface area contributed by atoms with E-state index in [0.29, 0.717) is 0 Å². The average molecular weight is 129 g/mol. The molecule has 3 heteroatoms. The second-order valence-corrected chi connectivity index (χ2v) is 2.64. The molecule has 0 heterocycles. The normalized spacial score (nSPS) is 11.1. The van der Waals surface area contributed by atoms with Gasteiger partial charge in [-0.15, -0.1) is 0 Å². The molecule has 0 spiro atoms. The summed E-state index contributed by atoms with van der Waals surface area (Å²) in [6.07, 6.45) is 0. The predicted molar refractivity (Wildman–Crippen MR) is 36.6 cm³/mol.